The van der Waals surface area contributed by atoms with Gasteiger partial charge in [-0.2, -0.15) is 0 Å². The van der Waals surface area contributed by atoms with Crippen LogP contribution >= 0.6 is 0 Å². The summed E-state index contributed by atoms with van der Waals surface area (Å²) in [6, 6.07) is 7.74. The summed E-state index contributed by atoms with van der Waals surface area (Å²) < 4.78 is 38.6. The molecule has 0 N–H and O–H groups in total. The summed E-state index contributed by atoms with van der Waals surface area (Å²) in [7, 11) is 0. The lowest BCUT2D eigenvalue weighted by Gasteiger charge is -2.04. The third-order valence-electron chi connectivity index (χ3n) is 2.20. The highest BCUT2D eigenvalue weighted by molar-refractivity contribution is 5.74. The van der Waals surface area contributed by atoms with Gasteiger partial charge < -0.3 is 0 Å². The molecule has 0 amide bonds. The van der Waals surface area contributed by atoms with Gasteiger partial charge in [0.25, 0.3) is 0 Å². The van der Waals surface area contributed by atoms with E-state index in [1.165, 1.54) is 12.1 Å². The Morgan fingerprint density at radius 1 is 0.875 bits per heavy atom. The van der Waals surface area contributed by atoms with E-state index in [4.69, 9.17) is 0 Å². The first kappa shape index (κ1) is 10.5. The Bertz CT molecular complexity index is 515. The molecule has 0 saturated carbocycles. The lowest BCUT2D eigenvalue weighted by molar-refractivity contribution is 0.448. The van der Waals surface area contributed by atoms with E-state index in [0.717, 1.165) is 12.1 Å². The molecule has 0 saturated heterocycles. The number of hydrogen-bond acceptors (Lipinski definition) is 0. The highest BCUT2D eigenvalue weighted by Crippen LogP contribution is 2.28. The Morgan fingerprint density at radius 2 is 1.44 bits per heavy atom. The molecule has 2 aromatic rings. The fraction of sp³-hybridized carbons (Fsp3) is 0. The van der Waals surface area contributed by atoms with Crippen LogP contribution in [0.15, 0.2) is 36.4 Å². The Hall–Kier alpha value is -1.97. The van der Waals surface area contributed by atoms with E-state index in [-0.39, 0.29) is 16.8 Å². The van der Waals surface area contributed by atoms with Crippen LogP contribution in [-0.2, 0) is 0 Å². The number of rotatable bonds is 1. The first-order valence-electron chi connectivity index (χ1n) is 4.52. The van der Waals surface area contributed by atoms with Gasteiger partial charge in [-0.3, -0.25) is 0 Å². The maximum absolute atomic E-state index is 13.0. The van der Waals surface area contributed by atoms with Gasteiger partial charge in [0.2, 0.25) is 0 Å². The van der Waals surface area contributed by atoms with Gasteiger partial charge in [-0.25, -0.2) is 13.2 Å². The Balaban J connectivity index is 2.62. The Kier molecular flexibility index (Phi) is 2.56. The van der Waals surface area contributed by atoms with Crippen LogP contribution < -0.4 is 5.73 Å². The molecule has 80 valence electrons. The molecule has 0 aliphatic heterocycles. The van der Waals surface area contributed by atoms with E-state index < -0.39 is 17.5 Å². The summed E-state index contributed by atoms with van der Waals surface area (Å²) in [6.45, 7) is 0. The molecule has 4 heteroatoms. The summed E-state index contributed by atoms with van der Waals surface area (Å²) in [5.41, 5.74) is 9.70. The minimum atomic E-state index is -1.51. The standard InChI is InChI=1S/C12H6F3N/c13-9-5-7(6-10(14)12(9)15)8-3-1-2-4-11(8)16/h1-6H. The zero-order valence-electron chi connectivity index (χ0n) is 8.05. The fourth-order valence-electron chi connectivity index (χ4n) is 1.43. The van der Waals surface area contributed by atoms with Crippen LogP contribution in [0.4, 0.5) is 18.9 Å². The molecule has 0 aliphatic rings. The normalized spacial score (nSPS) is 10.4. The molecule has 0 heterocycles. The van der Waals surface area contributed by atoms with Crippen LogP contribution in [0.1, 0.15) is 0 Å². The Labute approximate surface area is 90.3 Å². The van der Waals surface area contributed by atoms with Crippen molar-refractivity contribution < 1.29 is 13.2 Å². The number of benzene rings is 2. The first-order chi connectivity index (χ1) is 7.59. The van der Waals surface area contributed by atoms with E-state index in [1.54, 1.807) is 12.1 Å². The first-order valence-corrected chi connectivity index (χ1v) is 4.52. The molecular formula is C12H6F3N. The second kappa shape index (κ2) is 3.89. The molecule has 0 bridgehead atoms. The van der Waals surface area contributed by atoms with Gasteiger partial charge in [0, 0.05) is 5.56 Å². The third-order valence-corrected chi connectivity index (χ3v) is 2.20. The van der Waals surface area contributed by atoms with Gasteiger partial charge >= 0.3 is 0 Å². The molecule has 0 spiro atoms. The predicted molar refractivity (Wildman–Crippen MR) is 53.5 cm³/mol. The van der Waals surface area contributed by atoms with Gasteiger partial charge in [0.15, 0.2) is 17.5 Å². The van der Waals surface area contributed by atoms with Crippen LogP contribution in [0.25, 0.3) is 11.1 Å². The van der Waals surface area contributed by atoms with Crippen LogP contribution in [-0.4, -0.2) is 0 Å². The highest BCUT2D eigenvalue weighted by atomic mass is 19.2. The molecule has 0 aromatic heterocycles. The Morgan fingerprint density at radius 3 is 2.00 bits per heavy atom. The van der Waals surface area contributed by atoms with Crippen molar-refractivity contribution >= 4 is 5.69 Å². The second-order valence-electron chi connectivity index (χ2n) is 3.27. The molecule has 16 heavy (non-hydrogen) atoms. The molecule has 2 rings (SSSR count). The van der Waals surface area contributed by atoms with Crippen molar-refractivity contribution in [3.8, 4) is 11.1 Å². The average molecular weight is 221 g/mol. The highest BCUT2D eigenvalue weighted by Gasteiger charge is 2.12. The zero-order valence-corrected chi connectivity index (χ0v) is 8.05. The lowest BCUT2D eigenvalue weighted by Crippen LogP contribution is -1.92. The number of nitrogens with zero attached hydrogens (tertiary/aromatic N) is 1. The molecule has 0 aliphatic carbocycles. The van der Waals surface area contributed by atoms with Gasteiger partial charge in [-0.1, -0.05) is 18.2 Å². The van der Waals surface area contributed by atoms with Gasteiger partial charge in [-0.15, -0.1) is 5.73 Å². The topological polar surface area (TPSA) is 22.3 Å². The van der Waals surface area contributed by atoms with Crippen molar-refractivity contribution in [3.05, 3.63) is 53.8 Å². The van der Waals surface area contributed by atoms with E-state index in [9.17, 15) is 18.9 Å². The van der Waals surface area contributed by atoms with Crippen molar-refractivity contribution in [2.24, 2.45) is 0 Å². The van der Waals surface area contributed by atoms with Crippen molar-refractivity contribution in [2.75, 3.05) is 0 Å². The molecule has 2 aromatic carbocycles. The lowest BCUT2D eigenvalue weighted by atomic mass is 10.0. The maximum Gasteiger partial charge on any atom is 0.194 e. The summed E-state index contributed by atoms with van der Waals surface area (Å²) in [5.74, 6) is -4.07. The minimum absolute atomic E-state index is 0.0921. The quantitative estimate of drug-likeness (QED) is 0.658. The van der Waals surface area contributed by atoms with Gasteiger partial charge in [0.1, 0.15) is 0 Å². The summed E-state index contributed by atoms with van der Waals surface area (Å²) in [4.78, 5) is 0. The van der Waals surface area contributed by atoms with Crippen molar-refractivity contribution in [1.29, 1.82) is 0 Å². The fourth-order valence-corrected chi connectivity index (χ4v) is 1.43. The van der Waals surface area contributed by atoms with Crippen LogP contribution in [0.3, 0.4) is 0 Å². The van der Waals surface area contributed by atoms with Crippen LogP contribution in [0.5, 0.6) is 0 Å². The van der Waals surface area contributed by atoms with Crippen LogP contribution in [0.2, 0.25) is 0 Å². The van der Waals surface area contributed by atoms with Gasteiger partial charge in [0.05, 0.1) is 5.69 Å². The summed E-state index contributed by atoms with van der Waals surface area (Å²) in [5, 5.41) is 0. The molecule has 0 fully saturated rings. The van der Waals surface area contributed by atoms with Crippen molar-refractivity contribution in [3.63, 3.8) is 0 Å². The van der Waals surface area contributed by atoms with E-state index >= 15 is 0 Å². The van der Waals surface area contributed by atoms with Crippen molar-refractivity contribution in [1.82, 2.24) is 5.73 Å². The largest absolute Gasteiger partial charge is 0.204 e. The minimum Gasteiger partial charge on any atom is -0.204 e. The van der Waals surface area contributed by atoms with E-state index in [2.05, 4.69) is 0 Å². The summed E-state index contributed by atoms with van der Waals surface area (Å²) in [6.07, 6.45) is 0. The SMILES string of the molecule is [N]c1ccccc1-c1cc(F)c(F)c(F)c1. The average Bonchev–Trinajstić information content (AvgIpc) is 2.26. The predicted octanol–water partition coefficient (Wildman–Crippen LogP) is 3.47. The number of hydrogen-bond donors (Lipinski definition) is 0. The maximum atomic E-state index is 13.0. The smallest absolute Gasteiger partial charge is 0.194 e. The van der Waals surface area contributed by atoms with Crippen LogP contribution in [0, 0.1) is 17.5 Å². The summed E-state index contributed by atoms with van der Waals surface area (Å²) >= 11 is 0. The zero-order chi connectivity index (χ0) is 11.7. The molecule has 0 unspecified atom stereocenters. The molecule has 1 nitrogen and oxygen atoms in total. The molecule has 2 radical (unpaired) electrons. The third kappa shape index (κ3) is 1.74. The van der Waals surface area contributed by atoms with E-state index in [0.29, 0.717) is 0 Å². The molecular weight excluding hydrogens is 215 g/mol. The van der Waals surface area contributed by atoms with Crippen molar-refractivity contribution in [2.45, 2.75) is 0 Å². The van der Waals surface area contributed by atoms with E-state index in [1.807, 2.05) is 0 Å². The molecule has 0 atom stereocenters. The monoisotopic (exact) mass is 221 g/mol. The van der Waals surface area contributed by atoms with Gasteiger partial charge in [-0.05, 0) is 23.8 Å². The number of halogens is 3. The second-order valence-corrected chi connectivity index (χ2v) is 3.27.